The maximum absolute atomic E-state index is 12.0. The molecule has 1 aliphatic heterocycles. The number of aryl methyl sites for hydroxylation is 2. The van der Waals surface area contributed by atoms with Crippen LogP contribution in [0.15, 0.2) is 45.4 Å². The highest BCUT2D eigenvalue weighted by atomic mass is 16.6. The molecule has 1 aromatic heterocycles. The Morgan fingerprint density at radius 1 is 1.21 bits per heavy atom. The molecule has 0 saturated heterocycles. The summed E-state index contributed by atoms with van der Waals surface area (Å²) in [5.41, 5.74) is 2.22. The minimum atomic E-state index is -0.570. The highest BCUT2D eigenvalue weighted by Gasteiger charge is 2.25. The van der Waals surface area contributed by atoms with Gasteiger partial charge in [-0.1, -0.05) is 17.7 Å². The van der Waals surface area contributed by atoms with E-state index < -0.39 is 11.9 Å². The molecule has 122 valence electrons. The number of carbonyl (C=O) groups excluding carboxylic acids is 2. The number of aliphatic imine (C=N–C) groups is 1. The quantitative estimate of drug-likeness (QED) is 0.640. The summed E-state index contributed by atoms with van der Waals surface area (Å²) in [5.74, 6) is -0.0998. The SMILES string of the molecule is COC(=O)c1cc(C=C2N=C(c3ccc(C)cc3)OC2=O)oc1C. The van der Waals surface area contributed by atoms with Crippen molar-refractivity contribution in [2.45, 2.75) is 13.8 Å². The van der Waals surface area contributed by atoms with E-state index >= 15 is 0 Å². The first-order valence-electron chi connectivity index (χ1n) is 7.26. The van der Waals surface area contributed by atoms with Gasteiger partial charge in [0.15, 0.2) is 5.70 Å². The van der Waals surface area contributed by atoms with E-state index in [-0.39, 0.29) is 11.6 Å². The van der Waals surface area contributed by atoms with E-state index in [4.69, 9.17) is 9.15 Å². The average molecular weight is 325 g/mol. The smallest absolute Gasteiger partial charge is 0.363 e. The van der Waals surface area contributed by atoms with Crippen molar-refractivity contribution in [2.75, 3.05) is 7.11 Å². The monoisotopic (exact) mass is 325 g/mol. The molecule has 1 aliphatic rings. The molecular weight excluding hydrogens is 310 g/mol. The molecule has 6 heteroatoms. The molecule has 0 atom stereocenters. The summed E-state index contributed by atoms with van der Waals surface area (Å²) in [6, 6.07) is 8.98. The second kappa shape index (κ2) is 6.16. The number of ether oxygens (including phenoxy) is 2. The van der Waals surface area contributed by atoms with Crippen LogP contribution in [0.1, 0.15) is 33.0 Å². The number of benzene rings is 1. The Morgan fingerprint density at radius 3 is 2.58 bits per heavy atom. The van der Waals surface area contributed by atoms with Gasteiger partial charge in [0.1, 0.15) is 17.1 Å². The van der Waals surface area contributed by atoms with Crippen LogP contribution in [0.3, 0.4) is 0 Å². The van der Waals surface area contributed by atoms with Gasteiger partial charge in [-0.3, -0.25) is 0 Å². The number of hydrogen-bond donors (Lipinski definition) is 0. The van der Waals surface area contributed by atoms with Crippen molar-refractivity contribution < 1.29 is 23.5 Å². The molecule has 0 fully saturated rings. The molecule has 0 radical (unpaired) electrons. The second-order valence-electron chi connectivity index (χ2n) is 5.31. The largest absolute Gasteiger partial charge is 0.465 e. The molecule has 3 rings (SSSR count). The van der Waals surface area contributed by atoms with Crippen molar-refractivity contribution >= 4 is 23.9 Å². The second-order valence-corrected chi connectivity index (χ2v) is 5.31. The number of cyclic esters (lactones) is 1. The number of esters is 2. The standard InChI is InChI=1S/C18H15NO5/c1-10-4-6-12(7-5-10)16-19-15(18(21)24-16)9-13-8-14(11(2)23-13)17(20)22-3/h4-9H,1-3H3. The topological polar surface area (TPSA) is 78.1 Å². The van der Waals surface area contributed by atoms with Crippen LogP contribution in [-0.4, -0.2) is 24.9 Å². The van der Waals surface area contributed by atoms with E-state index in [1.807, 2.05) is 31.2 Å². The van der Waals surface area contributed by atoms with Gasteiger partial charge in [-0.25, -0.2) is 14.6 Å². The minimum absolute atomic E-state index is 0.107. The van der Waals surface area contributed by atoms with Crippen molar-refractivity contribution in [3.05, 3.63) is 64.2 Å². The minimum Gasteiger partial charge on any atom is -0.465 e. The van der Waals surface area contributed by atoms with Gasteiger partial charge in [-0.05, 0) is 32.0 Å². The summed E-state index contributed by atoms with van der Waals surface area (Å²) in [4.78, 5) is 27.8. The lowest BCUT2D eigenvalue weighted by molar-refractivity contribution is -0.129. The lowest BCUT2D eigenvalue weighted by Crippen LogP contribution is -2.05. The summed E-state index contributed by atoms with van der Waals surface area (Å²) >= 11 is 0. The zero-order valence-electron chi connectivity index (χ0n) is 13.5. The van der Waals surface area contributed by atoms with Crippen LogP contribution in [0.5, 0.6) is 0 Å². The molecule has 0 bridgehead atoms. The number of hydrogen-bond acceptors (Lipinski definition) is 6. The van der Waals surface area contributed by atoms with Crippen LogP contribution in [0.25, 0.3) is 6.08 Å². The third-order valence-electron chi connectivity index (χ3n) is 3.54. The predicted octanol–water partition coefficient (Wildman–Crippen LogP) is 3.03. The normalized spacial score (nSPS) is 15.4. The van der Waals surface area contributed by atoms with E-state index in [2.05, 4.69) is 9.73 Å². The van der Waals surface area contributed by atoms with Crippen molar-refractivity contribution in [1.82, 2.24) is 0 Å². The first-order chi connectivity index (χ1) is 11.5. The number of carbonyl (C=O) groups is 2. The Kier molecular flexibility index (Phi) is 4.04. The van der Waals surface area contributed by atoms with E-state index in [1.165, 1.54) is 19.3 Å². The lowest BCUT2D eigenvalue weighted by Gasteiger charge is -1.99. The number of methoxy groups -OCH3 is 1. The van der Waals surface area contributed by atoms with E-state index in [9.17, 15) is 9.59 Å². The van der Waals surface area contributed by atoms with Gasteiger partial charge in [0.2, 0.25) is 5.90 Å². The van der Waals surface area contributed by atoms with Gasteiger partial charge >= 0.3 is 11.9 Å². The van der Waals surface area contributed by atoms with Crippen LogP contribution in [-0.2, 0) is 14.3 Å². The Bertz CT molecular complexity index is 871. The van der Waals surface area contributed by atoms with Gasteiger partial charge in [0, 0.05) is 11.6 Å². The fourth-order valence-corrected chi connectivity index (χ4v) is 2.25. The van der Waals surface area contributed by atoms with E-state index in [1.54, 1.807) is 6.92 Å². The zero-order chi connectivity index (χ0) is 17.3. The lowest BCUT2D eigenvalue weighted by atomic mass is 10.1. The Morgan fingerprint density at radius 2 is 1.92 bits per heavy atom. The molecule has 2 aromatic rings. The van der Waals surface area contributed by atoms with Crippen LogP contribution in [0.4, 0.5) is 0 Å². The molecule has 0 N–H and O–H groups in total. The Balaban J connectivity index is 1.91. The van der Waals surface area contributed by atoms with Crippen molar-refractivity contribution in [2.24, 2.45) is 4.99 Å². The summed E-state index contributed by atoms with van der Waals surface area (Å²) in [7, 11) is 1.29. The third kappa shape index (κ3) is 2.99. The van der Waals surface area contributed by atoms with Gasteiger partial charge in [-0.2, -0.15) is 0 Å². The Hall–Kier alpha value is -3.15. The molecule has 0 saturated carbocycles. The van der Waals surface area contributed by atoms with Crippen LogP contribution < -0.4 is 0 Å². The summed E-state index contributed by atoms with van der Waals surface area (Å²) < 4.78 is 15.3. The molecule has 6 nitrogen and oxygen atoms in total. The molecule has 24 heavy (non-hydrogen) atoms. The van der Waals surface area contributed by atoms with Crippen LogP contribution in [0.2, 0.25) is 0 Å². The molecular formula is C18H15NO5. The average Bonchev–Trinajstić information content (AvgIpc) is 3.11. The zero-order valence-corrected chi connectivity index (χ0v) is 13.5. The highest BCUT2D eigenvalue weighted by Crippen LogP contribution is 2.22. The highest BCUT2D eigenvalue weighted by molar-refractivity contribution is 6.12. The number of nitrogens with zero attached hydrogens (tertiary/aromatic N) is 1. The molecule has 2 heterocycles. The van der Waals surface area contributed by atoms with Crippen molar-refractivity contribution in [3.63, 3.8) is 0 Å². The number of furan rings is 1. The van der Waals surface area contributed by atoms with Crippen molar-refractivity contribution in [1.29, 1.82) is 0 Å². The van der Waals surface area contributed by atoms with E-state index in [0.29, 0.717) is 22.6 Å². The molecule has 0 amide bonds. The van der Waals surface area contributed by atoms with E-state index in [0.717, 1.165) is 5.56 Å². The van der Waals surface area contributed by atoms with Crippen molar-refractivity contribution in [3.8, 4) is 0 Å². The summed E-state index contributed by atoms with van der Waals surface area (Å²) in [6.07, 6.45) is 1.43. The maximum atomic E-state index is 12.0. The maximum Gasteiger partial charge on any atom is 0.363 e. The van der Waals surface area contributed by atoms with Crippen LogP contribution in [0, 0.1) is 13.8 Å². The first kappa shape index (κ1) is 15.7. The third-order valence-corrected chi connectivity index (χ3v) is 3.54. The molecule has 0 aliphatic carbocycles. The van der Waals surface area contributed by atoms with Gasteiger partial charge in [0.25, 0.3) is 0 Å². The molecule has 1 aromatic carbocycles. The molecule has 0 unspecified atom stereocenters. The van der Waals surface area contributed by atoms with Gasteiger partial charge in [-0.15, -0.1) is 0 Å². The predicted molar refractivity (Wildman–Crippen MR) is 86.6 cm³/mol. The van der Waals surface area contributed by atoms with Gasteiger partial charge in [0.05, 0.1) is 7.11 Å². The van der Waals surface area contributed by atoms with Crippen LogP contribution >= 0.6 is 0 Å². The summed E-state index contributed by atoms with van der Waals surface area (Å²) in [6.45, 7) is 3.61. The Labute approximate surface area is 138 Å². The van der Waals surface area contributed by atoms with Gasteiger partial charge < -0.3 is 13.9 Å². The summed E-state index contributed by atoms with van der Waals surface area (Å²) in [5, 5.41) is 0. The molecule has 0 spiro atoms. The number of rotatable bonds is 3. The first-order valence-corrected chi connectivity index (χ1v) is 7.26. The fourth-order valence-electron chi connectivity index (χ4n) is 2.25. The fraction of sp³-hybridized carbons (Fsp3) is 0.167.